The molecular formula is C10H32N+. The van der Waals surface area contributed by atoms with E-state index in [2.05, 4.69) is 27.9 Å². The molecule has 0 aromatic rings. The summed E-state index contributed by atoms with van der Waals surface area (Å²) in [5.74, 6) is 0. The molecule has 0 spiro atoms. The average molecular weight is 166 g/mol. The van der Waals surface area contributed by atoms with E-state index >= 15 is 0 Å². The lowest BCUT2D eigenvalue weighted by molar-refractivity contribution is -0.886. The minimum atomic E-state index is 0. The summed E-state index contributed by atoms with van der Waals surface area (Å²) in [4.78, 5) is 0. The SMILES string of the molecule is C.C.C.C.CC[N+](C)(C)CC. The van der Waals surface area contributed by atoms with E-state index in [1.165, 1.54) is 13.1 Å². The van der Waals surface area contributed by atoms with E-state index in [1.807, 2.05) is 0 Å². The van der Waals surface area contributed by atoms with Crippen LogP contribution in [-0.2, 0) is 0 Å². The van der Waals surface area contributed by atoms with E-state index in [1.54, 1.807) is 0 Å². The molecule has 0 heterocycles. The third-order valence-corrected chi connectivity index (χ3v) is 1.71. The summed E-state index contributed by atoms with van der Waals surface area (Å²) in [7, 11) is 4.47. The summed E-state index contributed by atoms with van der Waals surface area (Å²) in [5, 5.41) is 0. The third kappa shape index (κ3) is 17.8. The second kappa shape index (κ2) is 12.6. The molecule has 0 fully saturated rings. The van der Waals surface area contributed by atoms with Crippen molar-refractivity contribution in [2.24, 2.45) is 0 Å². The van der Waals surface area contributed by atoms with Crippen molar-refractivity contribution in [3.63, 3.8) is 0 Å². The van der Waals surface area contributed by atoms with Crippen LogP contribution in [0, 0.1) is 0 Å². The standard InChI is InChI=1S/C6H16N.4CH4/c1-5-7(3,4)6-2;;;;/h5-6H2,1-4H3;4*1H4/q+1;;;;. The highest BCUT2D eigenvalue weighted by atomic mass is 15.3. The van der Waals surface area contributed by atoms with Gasteiger partial charge in [-0.3, -0.25) is 0 Å². The Morgan fingerprint density at radius 1 is 0.727 bits per heavy atom. The fourth-order valence-electron chi connectivity index (χ4n) is 0.224. The van der Waals surface area contributed by atoms with Crippen molar-refractivity contribution in [1.82, 2.24) is 0 Å². The van der Waals surface area contributed by atoms with Crippen LogP contribution in [0.15, 0.2) is 0 Å². The molecule has 0 aliphatic rings. The molecule has 0 bridgehead atoms. The first-order valence-corrected chi connectivity index (χ1v) is 2.94. The number of hydrogen-bond donors (Lipinski definition) is 0. The van der Waals surface area contributed by atoms with Gasteiger partial charge in [0.25, 0.3) is 0 Å². The van der Waals surface area contributed by atoms with Crippen molar-refractivity contribution >= 4 is 0 Å². The smallest absolute Gasteiger partial charge is 0.0753 e. The van der Waals surface area contributed by atoms with E-state index in [9.17, 15) is 0 Å². The summed E-state index contributed by atoms with van der Waals surface area (Å²) in [5.41, 5.74) is 0. The molecule has 1 heteroatoms. The maximum absolute atomic E-state index is 2.24. The van der Waals surface area contributed by atoms with Crippen LogP contribution in [0.2, 0.25) is 0 Å². The molecule has 0 aliphatic heterocycles. The van der Waals surface area contributed by atoms with Crippen LogP contribution in [0.1, 0.15) is 43.6 Å². The van der Waals surface area contributed by atoms with Crippen molar-refractivity contribution in [2.75, 3.05) is 27.2 Å². The highest BCUT2D eigenvalue weighted by Crippen LogP contribution is 1.91. The van der Waals surface area contributed by atoms with E-state index in [0.717, 1.165) is 4.48 Å². The number of hydrogen-bond acceptors (Lipinski definition) is 0. The molecule has 0 aromatic carbocycles. The van der Waals surface area contributed by atoms with E-state index < -0.39 is 0 Å². The van der Waals surface area contributed by atoms with Crippen molar-refractivity contribution < 1.29 is 4.48 Å². The summed E-state index contributed by atoms with van der Waals surface area (Å²) >= 11 is 0. The van der Waals surface area contributed by atoms with Gasteiger partial charge >= 0.3 is 0 Å². The predicted octanol–water partition coefficient (Wildman–Crippen LogP) is 3.65. The molecule has 0 saturated heterocycles. The normalized spacial score (nSPS) is 7.64. The summed E-state index contributed by atoms with van der Waals surface area (Å²) in [6.07, 6.45) is 0. The number of nitrogens with zero attached hydrogens (tertiary/aromatic N) is 1. The predicted molar refractivity (Wildman–Crippen MR) is 60.1 cm³/mol. The zero-order chi connectivity index (χ0) is 5.91. The van der Waals surface area contributed by atoms with E-state index in [4.69, 9.17) is 0 Å². The molecule has 11 heavy (non-hydrogen) atoms. The zero-order valence-corrected chi connectivity index (χ0v) is 5.86. The van der Waals surface area contributed by atoms with Gasteiger partial charge in [0.1, 0.15) is 0 Å². The quantitative estimate of drug-likeness (QED) is 0.549. The van der Waals surface area contributed by atoms with Gasteiger partial charge in [0, 0.05) is 0 Å². The first-order valence-electron chi connectivity index (χ1n) is 2.94. The van der Waals surface area contributed by atoms with Crippen LogP contribution in [-0.4, -0.2) is 31.7 Å². The van der Waals surface area contributed by atoms with Gasteiger partial charge in [0.15, 0.2) is 0 Å². The molecule has 0 N–H and O–H groups in total. The molecule has 0 aliphatic carbocycles. The Labute approximate surface area is 76.0 Å². The lowest BCUT2D eigenvalue weighted by Crippen LogP contribution is -2.38. The lowest BCUT2D eigenvalue weighted by Gasteiger charge is -2.25. The molecule has 1 nitrogen and oxygen atoms in total. The highest BCUT2D eigenvalue weighted by molar-refractivity contribution is 4.17. The molecular weight excluding hydrogens is 134 g/mol. The van der Waals surface area contributed by atoms with Crippen LogP contribution in [0.4, 0.5) is 0 Å². The topological polar surface area (TPSA) is 0 Å². The molecule has 0 aromatic heterocycles. The van der Waals surface area contributed by atoms with Crippen molar-refractivity contribution in [3.05, 3.63) is 0 Å². The Kier molecular flexibility index (Phi) is 35.1. The van der Waals surface area contributed by atoms with Crippen LogP contribution in [0.3, 0.4) is 0 Å². The van der Waals surface area contributed by atoms with Gasteiger partial charge in [-0.25, -0.2) is 0 Å². The monoisotopic (exact) mass is 166 g/mol. The van der Waals surface area contributed by atoms with Crippen LogP contribution < -0.4 is 0 Å². The van der Waals surface area contributed by atoms with E-state index in [0.29, 0.717) is 0 Å². The van der Waals surface area contributed by atoms with Gasteiger partial charge in [-0.05, 0) is 13.8 Å². The maximum Gasteiger partial charge on any atom is 0.0753 e. The summed E-state index contributed by atoms with van der Waals surface area (Å²) in [6, 6.07) is 0. The Morgan fingerprint density at radius 2 is 0.909 bits per heavy atom. The summed E-state index contributed by atoms with van der Waals surface area (Å²) < 4.78 is 1.14. The minimum absolute atomic E-state index is 0. The van der Waals surface area contributed by atoms with Gasteiger partial charge in [-0.1, -0.05) is 29.7 Å². The Balaban J connectivity index is -0.0000000300. The molecule has 0 saturated carbocycles. The highest BCUT2D eigenvalue weighted by Gasteiger charge is 2.04. The Bertz CT molecular complexity index is 42.8. The maximum atomic E-state index is 2.24. The van der Waals surface area contributed by atoms with Crippen molar-refractivity contribution in [1.29, 1.82) is 0 Å². The van der Waals surface area contributed by atoms with Crippen LogP contribution >= 0.6 is 0 Å². The molecule has 76 valence electrons. The largest absolute Gasteiger partial charge is 0.329 e. The first-order chi connectivity index (χ1) is 3.12. The average Bonchev–Trinajstić information content (AvgIpc) is 1.68. The lowest BCUT2D eigenvalue weighted by atomic mass is 10.5. The van der Waals surface area contributed by atoms with Gasteiger partial charge in [0.2, 0.25) is 0 Å². The first kappa shape index (κ1) is 30.6. The Morgan fingerprint density at radius 3 is 0.909 bits per heavy atom. The third-order valence-electron chi connectivity index (χ3n) is 1.71. The minimum Gasteiger partial charge on any atom is -0.329 e. The van der Waals surface area contributed by atoms with Crippen molar-refractivity contribution in [3.8, 4) is 0 Å². The fraction of sp³-hybridized carbons (Fsp3) is 1.00. The number of rotatable bonds is 2. The molecule has 0 unspecified atom stereocenters. The van der Waals surface area contributed by atoms with Gasteiger partial charge in [-0.2, -0.15) is 0 Å². The van der Waals surface area contributed by atoms with Gasteiger partial charge in [-0.15, -0.1) is 0 Å². The Hall–Kier alpha value is -0.0400. The molecule has 0 atom stereocenters. The zero-order valence-electron chi connectivity index (χ0n) is 5.86. The second-order valence-electron chi connectivity index (χ2n) is 2.57. The van der Waals surface area contributed by atoms with Gasteiger partial charge < -0.3 is 4.48 Å². The second-order valence-corrected chi connectivity index (χ2v) is 2.57. The molecule has 0 rings (SSSR count). The molecule has 0 radical (unpaired) electrons. The molecule has 0 amide bonds. The van der Waals surface area contributed by atoms with Crippen molar-refractivity contribution in [2.45, 2.75) is 43.6 Å². The van der Waals surface area contributed by atoms with Crippen LogP contribution in [0.25, 0.3) is 0 Å². The fourth-order valence-corrected chi connectivity index (χ4v) is 0.224. The van der Waals surface area contributed by atoms with Gasteiger partial charge in [0.05, 0.1) is 27.2 Å². The van der Waals surface area contributed by atoms with Crippen LogP contribution in [0.5, 0.6) is 0 Å². The number of quaternary nitrogens is 1. The van der Waals surface area contributed by atoms with E-state index in [-0.39, 0.29) is 29.7 Å². The summed E-state index contributed by atoms with van der Waals surface area (Å²) in [6.45, 7) is 6.89.